The van der Waals surface area contributed by atoms with Gasteiger partial charge in [-0.3, -0.25) is 9.59 Å². The van der Waals surface area contributed by atoms with Crippen molar-refractivity contribution >= 4 is 33.5 Å². The molecule has 2 unspecified atom stereocenters. The molecule has 0 aliphatic rings. The van der Waals surface area contributed by atoms with Crippen LogP contribution in [0, 0.1) is 11.8 Å². The normalized spacial score (nSPS) is 12.1. The minimum absolute atomic E-state index is 0. The minimum Gasteiger partial charge on any atom is -0.461 e. The van der Waals surface area contributed by atoms with Crippen molar-refractivity contribution in [2.24, 2.45) is 11.8 Å². The van der Waals surface area contributed by atoms with Gasteiger partial charge in [-0.05, 0) is 40.5 Å². The lowest BCUT2D eigenvalue weighted by Crippen LogP contribution is -2.24. The van der Waals surface area contributed by atoms with Crippen molar-refractivity contribution in [1.29, 1.82) is 0 Å². The molecule has 3 aromatic rings. The second kappa shape index (κ2) is 13.3. The van der Waals surface area contributed by atoms with Crippen LogP contribution in [0.15, 0.2) is 67.8 Å². The Balaban J connectivity index is 0.00000166. The number of aliphatic hydroxyl groups excluding tert-OH is 1. The fraction of sp³-hybridized carbons (Fsp3) is 0.333. The maximum atomic E-state index is 12.6. The molecule has 0 spiro atoms. The van der Waals surface area contributed by atoms with Gasteiger partial charge >= 0.3 is 11.9 Å². The molecule has 172 valence electrons. The summed E-state index contributed by atoms with van der Waals surface area (Å²) in [6, 6.07) is 18.2. The molecule has 5 nitrogen and oxygen atoms in total. The fourth-order valence-electron chi connectivity index (χ4n) is 3.68. The third-order valence-electron chi connectivity index (χ3n) is 5.31. The van der Waals surface area contributed by atoms with Crippen LogP contribution in [-0.4, -0.2) is 23.8 Å². The average molecular weight is 439 g/mol. The second-order valence-corrected chi connectivity index (χ2v) is 7.24. The number of hydrogen-bond donors (Lipinski definition) is 1. The van der Waals surface area contributed by atoms with E-state index in [2.05, 4.69) is 24.0 Å². The Hall–Kier alpha value is -3.18. The third-order valence-corrected chi connectivity index (χ3v) is 5.31. The molecule has 0 bridgehead atoms. The van der Waals surface area contributed by atoms with Crippen molar-refractivity contribution in [3.05, 3.63) is 73.3 Å². The van der Waals surface area contributed by atoms with Crippen LogP contribution >= 0.6 is 0 Å². The quantitative estimate of drug-likeness (QED) is 0.201. The number of carbonyl (C=O) groups is 2. The van der Waals surface area contributed by atoms with Gasteiger partial charge in [0.15, 0.2) is 6.79 Å². The van der Waals surface area contributed by atoms with E-state index in [0.717, 1.165) is 27.1 Å². The van der Waals surface area contributed by atoms with Crippen molar-refractivity contribution < 1.29 is 24.2 Å². The monoisotopic (exact) mass is 438 g/mol. The maximum Gasteiger partial charge on any atom is 0.311 e. The zero-order valence-corrected chi connectivity index (χ0v) is 18.2. The SMILES string of the molecule is C.C=C.CCC(CC(C)C(=O)OCc1c2ccccc2cc2ccccc12)C(=O)OCO. The van der Waals surface area contributed by atoms with Gasteiger partial charge < -0.3 is 14.6 Å². The lowest BCUT2D eigenvalue weighted by Gasteiger charge is -2.18. The van der Waals surface area contributed by atoms with E-state index in [1.165, 1.54) is 0 Å². The Labute approximate surface area is 190 Å². The van der Waals surface area contributed by atoms with E-state index in [0.29, 0.717) is 12.8 Å². The van der Waals surface area contributed by atoms with E-state index >= 15 is 0 Å². The summed E-state index contributed by atoms with van der Waals surface area (Å²) in [6.45, 7) is 9.12. The van der Waals surface area contributed by atoms with Crippen molar-refractivity contribution in [3.63, 3.8) is 0 Å². The molecule has 0 radical (unpaired) electrons. The molecular formula is C27H34O5. The summed E-state index contributed by atoms with van der Waals surface area (Å²) in [5, 5.41) is 13.1. The number of aliphatic hydroxyl groups is 1. The molecule has 3 aromatic carbocycles. The largest absolute Gasteiger partial charge is 0.461 e. The molecule has 0 aromatic heterocycles. The van der Waals surface area contributed by atoms with Crippen molar-refractivity contribution in [2.45, 2.75) is 40.7 Å². The number of esters is 2. The van der Waals surface area contributed by atoms with Gasteiger partial charge in [0, 0.05) is 5.56 Å². The predicted octanol–water partition coefficient (Wildman–Crippen LogP) is 6.02. The zero-order chi connectivity index (χ0) is 22.8. The molecule has 5 heteroatoms. The molecule has 0 saturated heterocycles. The average Bonchev–Trinajstić information content (AvgIpc) is 2.81. The summed E-state index contributed by atoms with van der Waals surface area (Å²) in [6.07, 6.45) is 0.856. The molecule has 0 saturated carbocycles. The van der Waals surface area contributed by atoms with Crippen molar-refractivity contribution in [1.82, 2.24) is 0 Å². The number of fused-ring (bicyclic) bond motifs is 2. The van der Waals surface area contributed by atoms with Crippen LogP contribution in [0.2, 0.25) is 0 Å². The first-order chi connectivity index (χ1) is 15.0. The highest BCUT2D eigenvalue weighted by Gasteiger charge is 2.25. The van der Waals surface area contributed by atoms with E-state index in [-0.39, 0.29) is 20.0 Å². The molecule has 0 fully saturated rings. The topological polar surface area (TPSA) is 72.8 Å². The van der Waals surface area contributed by atoms with Gasteiger partial charge in [-0.25, -0.2) is 0 Å². The number of ether oxygens (including phenoxy) is 2. The number of benzene rings is 3. The molecule has 0 aliphatic carbocycles. The first-order valence-corrected chi connectivity index (χ1v) is 10.4. The number of rotatable bonds is 8. The van der Waals surface area contributed by atoms with Crippen LogP contribution in [0.1, 0.15) is 39.7 Å². The highest BCUT2D eigenvalue weighted by Crippen LogP contribution is 2.29. The first kappa shape index (κ1) is 26.9. The molecule has 2 atom stereocenters. The zero-order valence-electron chi connectivity index (χ0n) is 18.2. The number of carbonyl (C=O) groups excluding carboxylic acids is 2. The molecule has 3 rings (SSSR count). The summed E-state index contributed by atoms with van der Waals surface area (Å²) >= 11 is 0. The molecule has 1 N–H and O–H groups in total. The summed E-state index contributed by atoms with van der Waals surface area (Å²) in [5.74, 6) is -1.73. The highest BCUT2D eigenvalue weighted by molar-refractivity contribution is 6.02. The Kier molecular flexibility index (Phi) is 11.1. The van der Waals surface area contributed by atoms with Crippen LogP contribution in [0.5, 0.6) is 0 Å². The van der Waals surface area contributed by atoms with Gasteiger partial charge in [0.2, 0.25) is 0 Å². The van der Waals surface area contributed by atoms with Crippen LogP contribution in [-0.2, 0) is 25.7 Å². The third kappa shape index (κ3) is 6.41. The molecule has 0 heterocycles. The second-order valence-electron chi connectivity index (χ2n) is 7.24. The van der Waals surface area contributed by atoms with Crippen LogP contribution in [0.4, 0.5) is 0 Å². The summed E-state index contributed by atoms with van der Waals surface area (Å²) < 4.78 is 10.3. The standard InChI is InChI=1S/C24H26O5.C2H4.CH4/c1-3-17(24(27)29-15-25)12-16(2)23(26)28-14-22-20-10-6-4-8-18(20)13-19-9-5-7-11-21(19)22;1-2;/h4-11,13,16-17,25H,3,12,14-15H2,1-2H3;1-2H2;1H4. The van der Waals surface area contributed by atoms with Gasteiger partial charge in [-0.15, -0.1) is 13.2 Å². The van der Waals surface area contributed by atoms with Gasteiger partial charge in [0.1, 0.15) is 6.61 Å². The Morgan fingerprint density at radius 1 is 0.938 bits per heavy atom. The van der Waals surface area contributed by atoms with Crippen LogP contribution < -0.4 is 0 Å². The Morgan fingerprint density at radius 3 is 1.97 bits per heavy atom. The molecule has 0 aliphatic heterocycles. The molecule has 32 heavy (non-hydrogen) atoms. The van der Waals surface area contributed by atoms with Crippen molar-refractivity contribution in [2.75, 3.05) is 6.79 Å². The maximum absolute atomic E-state index is 12.6. The Morgan fingerprint density at radius 2 is 1.47 bits per heavy atom. The van der Waals surface area contributed by atoms with E-state index in [4.69, 9.17) is 9.84 Å². The van der Waals surface area contributed by atoms with Crippen molar-refractivity contribution in [3.8, 4) is 0 Å². The fourth-order valence-corrected chi connectivity index (χ4v) is 3.68. The van der Waals surface area contributed by atoms with Gasteiger partial charge in [0.05, 0.1) is 11.8 Å². The Bertz CT molecular complexity index is 973. The first-order valence-electron chi connectivity index (χ1n) is 10.4. The van der Waals surface area contributed by atoms with E-state index in [9.17, 15) is 9.59 Å². The lowest BCUT2D eigenvalue weighted by molar-refractivity contribution is -0.158. The van der Waals surface area contributed by atoms with E-state index in [1.54, 1.807) is 6.92 Å². The van der Waals surface area contributed by atoms with Gasteiger partial charge in [-0.1, -0.05) is 69.8 Å². The minimum atomic E-state index is -0.650. The van der Waals surface area contributed by atoms with E-state index in [1.807, 2.05) is 55.5 Å². The molecular weight excluding hydrogens is 404 g/mol. The predicted molar refractivity (Wildman–Crippen MR) is 130 cm³/mol. The highest BCUT2D eigenvalue weighted by atomic mass is 16.6. The van der Waals surface area contributed by atoms with Gasteiger partial charge in [-0.2, -0.15) is 0 Å². The summed E-state index contributed by atoms with van der Waals surface area (Å²) in [4.78, 5) is 24.5. The van der Waals surface area contributed by atoms with Crippen LogP contribution in [0.25, 0.3) is 21.5 Å². The summed E-state index contributed by atoms with van der Waals surface area (Å²) in [5.41, 5.74) is 0.978. The van der Waals surface area contributed by atoms with Crippen LogP contribution in [0.3, 0.4) is 0 Å². The number of hydrogen-bond acceptors (Lipinski definition) is 5. The molecule has 0 amide bonds. The summed E-state index contributed by atoms with van der Waals surface area (Å²) in [7, 11) is 0. The van der Waals surface area contributed by atoms with Gasteiger partial charge in [0.25, 0.3) is 0 Å². The lowest BCUT2D eigenvalue weighted by atomic mass is 9.93. The smallest absolute Gasteiger partial charge is 0.311 e. The van der Waals surface area contributed by atoms with E-state index < -0.39 is 24.6 Å².